The van der Waals surface area contributed by atoms with Crippen molar-refractivity contribution >= 4 is 16.5 Å². The van der Waals surface area contributed by atoms with Crippen LogP contribution in [0.1, 0.15) is 31.2 Å². The maximum Gasteiger partial charge on any atom is 0.445 e. The molecule has 1 aromatic rings. The summed E-state index contributed by atoms with van der Waals surface area (Å²) in [5.41, 5.74) is 0. The van der Waals surface area contributed by atoms with Gasteiger partial charge in [-0.3, -0.25) is 0 Å². The van der Waals surface area contributed by atoms with Gasteiger partial charge in [0.15, 0.2) is 0 Å². The van der Waals surface area contributed by atoms with Crippen molar-refractivity contribution in [3.05, 3.63) is 5.01 Å². The van der Waals surface area contributed by atoms with Crippen LogP contribution in [0.2, 0.25) is 0 Å². The van der Waals surface area contributed by atoms with Crippen molar-refractivity contribution in [2.24, 2.45) is 0 Å². The lowest BCUT2D eigenvalue weighted by molar-refractivity contribution is -0.138. The molecule has 0 amide bonds. The van der Waals surface area contributed by atoms with E-state index >= 15 is 0 Å². The molecule has 4 nitrogen and oxygen atoms in total. The normalized spacial score (nSPS) is 22.1. The van der Waals surface area contributed by atoms with E-state index in [9.17, 15) is 13.2 Å². The average Bonchev–Trinajstić information content (AvgIpc) is 2.87. The van der Waals surface area contributed by atoms with Crippen LogP contribution in [0.4, 0.5) is 18.3 Å². The summed E-state index contributed by atoms with van der Waals surface area (Å²) in [6, 6.07) is 0.0159. The van der Waals surface area contributed by atoms with Gasteiger partial charge in [0.2, 0.25) is 10.1 Å². The Labute approximate surface area is 107 Å². The highest BCUT2D eigenvalue weighted by Crippen LogP contribution is 2.33. The number of rotatable bonds is 4. The third-order valence-electron chi connectivity index (χ3n) is 2.68. The Kier molecular flexibility index (Phi) is 4.06. The molecular formula is C10H14F3N3OS. The molecule has 1 aliphatic rings. The van der Waals surface area contributed by atoms with Gasteiger partial charge in [-0.1, -0.05) is 11.3 Å². The maximum absolute atomic E-state index is 12.3. The molecule has 0 spiro atoms. The summed E-state index contributed by atoms with van der Waals surface area (Å²) in [7, 11) is 0. The summed E-state index contributed by atoms with van der Waals surface area (Å²) < 4.78 is 42.4. The van der Waals surface area contributed by atoms with Crippen LogP contribution in [0.15, 0.2) is 0 Å². The Morgan fingerprint density at radius 3 is 2.83 bits per heavy atom. The number of nitrogens with one attached hydrogen (secondary N) is 1. The van der Waals surface area contributed by atoms with E-state index < -0.39 is 11.2 Å². The molecule has 1 aliphatic heterocycles. The number of anilines is 1. The molecule has 0 saturated carbocycles. The van der Waals surface area contributed by atoms with Crippen molar-refractivity contribution in [2.75, 3.05) is 11.9 Å². The van der Waals surface area contributed by atoms with Crippen molar-refractivity contribution in [3.8, 4) is 0 Å². The van der Waals surface area contributed by atoms with Crippen LogP contribution < -0.4 is 5.32 Å². The SMILES string of the molecule is C[C@H](C[C@@H]1CCCO1)Nc1nnc(C(F)(F)F)s1. The second-order valence-corrected chi connectivity index (χ2v) is 5.30. The van der Waals surface area contributed by atoms with Gasteiger partial charge in [-0.05, 0) is 26.2 Å². The summed E-state index contributed by atoms with van der Waals surface area (Å²) in [4.78, 5) is 0. The van der Waals surface area contributed by atoms with E-state index in [4.69, 9.17) is 4.74 Å². The lowest BCUT2D eigenvalue weighted by Crippen LogP contribution is -2.21. The number of hydrogen-bond acceptors (Lipinski definition) is 5. The molecule has 102 valence electrons. The van der Waals surface area contributed by atoms with Crippen molar-refractivity contribution in [1.82, 2.24) is 10.2 Å². The van der Waals surface area contributed by atoms with Crippen LogP contribution in [-0.4, -0.2) is 29.0 Å². The van der Waals surface area contributed by atoms with Crippen LogP contribution in [-0.2, 0) is 10.9 Å². The molecule has 2 atom stereocenters. The predicted molar refractivity (Wildman–Crippen MR) is 61.6 cm³/mol. The van der Waals surface area contributed by atoms with E-state index in [2.05, 4.69) is 15.5 Å². The molecule has 0 radical (unpaired) electrons. The predicted octanol–water partition coefficient (Wildman–Crippen LogP) is 2.93. The average molecular weight is 281 g/mol. The first kappa shape index (κ1) is 13.5. The first-order valence-electron chi connectivity index (χ1n) is 5.74. The molecule has 1 fully saturated rings. The highest BCUT2D eigenvalue weighted by atomic mass is 32.1. The van der Waals surface area contributed by atoms with Gasteiger partial charge in [0, 0.05) is 12.6 Å². The fourth-order valence-electron chi connectivity index (χ4n) is 1.89. The standard InChI is InChI=1S/C10H14F3N3OS/c1-6(5-7-3-2-4-17-7)14-9-16-15-8(18-9)10(11,12)13/h6-7H,2-5H2,1H3,(H,14,16)/t6-,7+/m1/s1. The molecule has 18 heavy (non-hydrogen) atoms. The fourth-order valence-corrected chi connectivity index (χ4v) is 2.61. The molecule has 2 rings (SSSR count). The highest BCUT2D eigenvalue weighted by molar-refractivity contribution is 7.15. The summed E-state index contributed by atoms with van der Waals surface area (Å²) in [5.74, 6) is 0. The van der Waals surface area contributed by atoms with Gasteiger partial charge in [-0.15, -0.1) is 10.2 Å². The Hall–Kier alpha value is -0.890. The van der Waals surface area contributed by atoms with E-state index in [0.29, 0.717) is 11.3 Å². The van der Waals surface area contributed by atoms with Crippen LogP contribution in [0.5, 0.6) is 0 Å². The fraction of sp³-hybridized carbons (Fsp3) is 0.800. The monoisotopic (exact) mass is 281 g/mol. The van der Waals surface area contributed by atoms with Crippen LogP contribution in [0, 0.1) is 0 Å². The van der Waals surface area contributed by atoms with Gasteiger partial charge in [0.1, 0.15) is 0 Å². The van der Waals surface area contributed by atoms with E-state index in [1.54, 1.807) is 0 Å². The van der Waals surface area contributed by atoms with Gasteiger partial charge in [0.25, 0.3) is 0 Å². The molecule has 2 heterocycles. The molecule has 0 unspecified atom stereocenters. The van der Waals surface area contributed by atoms with Crippen LogP contribution in [0.25, 0.3) is 0 Å². The molecular weight excluding hydrogens is 267 g/mol. The van der Waals surface area contributed by atoms with Gasteiger partial charge < -0.3 is 10.1 Å². The number of nitrogens with zero attached hydrogens (tertiary/aromatic N) is 2. The minimum atomic E-state index is -4.42. The quantitative estimate of drug-likeness (QED) is 0.921. The third kappa shape index (κ3) is 3.55. The van der Waals surface area contributed by atoms with Crippen molar-refractivity contribution in [3.63, 3.8) is 0 Å². The summed E-state index contributed by atoms with van der Waals surface area (Å²) in [6.45, 7) is 2.67. The number of hydrogen-bond donors (Lipinski definition) is 1. The van der Waals surface area contributed by atoms with E-state index in [1.165, 1.54) is 0 Å². The first-order chi connectivity index (χ1) is 8.45. The third-order valence-corrected chi connectivity index (χ3v) is 3.58. The largest absolute Gasteiger partial charge is 0.445 e. The van der Waals surface area contributed by atoms with Crippen molar-refractivity contribution < 1.29 is 17.9 Å². The second-order valence-electron chi connectivity index (χ2n) is 4.33. The zero-order valence-electron chi connectivity index (χ0n) is 9.83. The molecule has 8 heteroatoms. The smallest absolute Gasteiger partial charge is 0.378 e. The van der Waals surface area contributed by atoms with Crippen LogP contribution >= 0.6 is 11.3 Å². The van der Waals surface area contributed by atoms with Crippen LogP contribution in [0.3, 0.4) is 0 Å². The number of halogens is 3. The maximum atomic E-state index is 12.3. The van der Waals surface area contributed by atoms with Crippen molar-refractivity contribution in [1.29, 1.82) is 0 Å². The topological polar surface area (TPSA) is 47.0 Å². The minimum Gasteiger partial charge on any atom is -0.378 e. The van der Waals surface area contributed by atoms with Gasteiger partial charge >= 0.3 is 6.18 Å². The lowest BCUT2D eigenvalue weighted by atomic mass is 10.1. The van der Waals surface area contributed by atoms with E-state index in [-0.39, 0.29) is 17.3 Å². The lowest BCUT2D eigenvalue weighted by Gasteiger charge is -2.16. The molecule has 0 aliphatic carbocycles. The minimum absolute atomic E-state index is 0.0159. The number of ether oxygens (including phenoxy) is 1. The summed E-state index contributed by atoms with van der Waals surface area (Å²) in [5, 5.41) is 8.82. The zero-order valence-corrected chi connectivity index (χ0v) is 10.6. The molecule has 1 saturated heterocycles. The van der Waals surface area contributed by atoms with E-state index in [1.807, 2.05) is 6.92 Å². The number of aromatic nitrogens is 2. The highest BCUT2D eigenvalue weighted by Gasteiger charge is 2.35. The first-order valence-corrected chi connectivity index (χ1v) is 6.55. The Morgan fingerprint density at radius 2 is 2.28 bits per heavy atom. The second kappa shape index (κ2) is 5.40. The van der Waals surface area contributed by atoms with Gasteiger partial charge in [-0.2, -0.15) is 13.2 Å². The summed E-state index contributed by atoms with van der Waals surface area (Å²) in [6.07, 6.45) is -1.40. The Balaban J connectivity index is 1.86. The molecule has 1 N–H and O–H groups in total. The van der Waals surface area contributed by atoms with Gasteiger partial charge in [-0.25, -0.2) is 0 Å². The summed E-state index contributed by atoms with van der Waals surface area (Å²) >= 11 is 0.527. The zero-order chi connectivity index (χ0) is 13.2. The molecule has 0 bridgehead atoms. The van der Waals surface area contributed by atoms with Crippen molar-refractivity contribution in [2.45, 2.75) is 44.5 Å². The molecule has 0 aromatic carbocycles. The Morgan fingerprint density at radius 1 is 1.50 bits per heavy atom. The number of alkyl halides is 3. The molecule has 1 aromatic heterocycles. The van der Waals surface area contributed by atoms with Gasteiger partial charge in [0.05, 0.1) is 6.10 Å². The Bertz CT molecular complexity index is 390. The van der Waals surface area contributed by atoms with E-state index in [0.717, 1.165) is 25.9 Å².